The van der Waals surface area contributed by atoms with E-state index in [1.54, 1.807) is 53.8 Å². The largest absolute Gasteiger partial charge is 0.319 e. The van der Waals surface area contributed by atoms with Crippen molar-refractivity contribution < 1.29 is 4.79 Å². The van der Waals surface area contributed by atoms with Crippen LogP contribution >= 0.6 is 0 Å². The van der Waals surface area contributed by atoms with Crippen molar-refractivity contribution in [2.45, 2.75) is 6.92 Å². The predicted molar refractivity (Wildman–Crippen MR) is 78.3 cm³/mol. The average molecular weight is 279 g/mol. The second-order valence-corrected chi connectivity index (χ2v) is 4.44. The van der Waals surface area contributed by atoms with E-state index in [0.717, 1.165) is 5.69 Å². The lowest BCUT2D eigenvalue weighted by molar-refractivity contribution is 0.102. The van der Waals surface area contributed by atoms with Crippen molar-refractivity contribution in [2.75, 3.05) is 5.32 Å². The summed E-state index contributed by atoms with van der Waals surface area (Å²) < 4.78 is 1.74. The van der Waals surface area contributed by atoms with Crippen molar-refractivity contribution in [3.05, 3.63) is 66.6 Å². The standard InChI is InChI=1S/C15H13N5O/c1-11-12(5-3-7-17-11)19-15(21)13-4-2-6-14(18-13)20-9-8-16-10-20/h2-10H,1H3,(H,19,21). The zero-order valence-corrected chi connectivity index (χ0v) is 11.4. The van der Waals surface area contributed by atoms with Crippen molar-refractivity contribution in [3.8, 4) is 5.82 Å². The fraction of sp³-hybridized carbons (Fsp3) is 0.0667. The Morgan fingerprint density at radius 2 is 2.10 bits per heavy atom. The highest BCUT2D eigenvalue weighted by molar-refractivity contribution is 6.03. The molecule has 3 aromatic heterocycles. The molecule has 0 aromatic carbocycles. The molecule has 0 aliphatic carbocycles. The lowest BCUT2D eigenvalue weighted by Gasteiger charge is -2.08. The molecule has 6 nitrogen and oxygen atoms in total. The number of hydrogen-bond acceptors (Lipinski definition) is 4. The van der Waals surface area contributed by atoms with Gasteiger partial charge < -0.3 is 5.32 Å². The van der Waals surface area contributed by atoms with Crippen LogP contribution in [-0.4, -0.2) is 25.4 Å². The normalized spacial score (nSPS) is 10.3. The fourth-order valence-corrected chi connectivity index (χ4v) is 1.89. The molecule has 104 valence electrons. The van der Waals surface area contributed by atoms with Crippen LogP contribution in [0.15, 0.2) is 55.2 Å². The Labute approximate surface area is 121 Å². The van der Waals surface area contributed by atoms with Gasteiger partial charge in [0, 0.05) is 18.6 Å². The number of nitrogens with one attached hydrogen (secondary N) is 1. The molecule has 3 rings (SSSR count). The van der Waals surface area contributed by atoms with Crippen LogP contribution in [0.25, 0.3) is 5.82 Å². The van der Waals surface area contributed by atoms with Crippen LogP contribution in [0.3, 0.4) is 0 Å². The molecule has 6 heteroatoms. The van der Waals surface area contributed by atoms with Gasteiger partial charge in [-0.15, -0.1) is 0 Å². The Bertz CT molecular complexity index is 767. The van der Waals surface area contributed by atoms with Crippen LogP contribution < -0.4 is 5.32 Å². The topological polar surface area (TPSA) is 72.7 Å². The number of nitrogens with zero attached hydrogens (tertiary/aromatic N) is 4. The highest BCUT2D eigenvalue weighted by atomic mass is 16.1. The molecule has 0 bridgehead atoms. The third-order valence-corrected chi connectivity index (χ3v) is 2.99. The van der Waals surface area contributed by atoms with Crippen LogP contribution in [0.4, 0.5) is 5.69 Å². The van der Waals surface area contributed by atoms with Gasteiger partial charge in [-0.25, -0.2) is 9.97 Å². The second kappa shape index (κ2) is 5.54. The summed E-state index contributed by atoms with van der Waals surface area (Å²) in [5.74, 6) is 0.371. The Kier molecular flexibility index (Phi) is 3.42. The van der Waals surface area contributed by atoms with Gasteiger partial charge in [0.2, 0.25) is 0 Å². The minimum absolute atomic E-state index is 0.270. The van der Waals surface area contributed by atoms with Gasteiger partial charge in [-0.3, -0.25) is 14.3 Å². The average Bonchev–Trinajstić information content (AvgIpc) is 3.04. The summed E-state index contributed by atoms with van der Waals surface area (Å²) in [7, 11) is 0. The monoisotopic (exact) mass is 279 g/mol. The fourth-order valence-electron chi connectivity index (χ4n) is 1.89. The molecule has 0 atom stereocenters. The summed E-state index contributed by atoms with van der Waals surface area (Å²) in [5, 5.41) is 2.81. The zero-order valence-electron chi connectivity index (χ0n) is 11.4. The molecule has 1 N–H and O–H groups in total. The van der Waals surface area contributed by atoms with Crippen molar-refractivity contribution in [2.24, 2.45) is 0 Å². The quantitative estimate of drug-likeness (QED) is 0.798. The second-order valence-electron chi connectivity index (χ2n) is 4.44. The van der Waals surface area contributed by atoms with Gasteiger partial charge >= 0.3 is 0 Å². The maximum Gasteiger partial charge on any atom is 0.274 e. The number of carbonyl (C=O) groups is 1. The molecule has 0 aliphatic heterocycles. The molecule has 3 heterocycles. The van der Waals surface area contributed by atoms with E-state index in [-0.39, 0.29) is 5.91 Å². The first-order valence-corrected chi connectivity index (χ1v) is 6.42. The van der Waals surface area contributed by atoms with E-state index in [0.29, 0.717) is 17.2 Å². The van der Waals surface area contributed by atoms with Crippen LogP contribution in [-0.2, 0) is 0 Å². The van der Waals surface area contributed by atoms with Crippen molar-refractivity contribution in [1.82, 2.24) is 19.5 Å². The van der Waals surface area contributed by atoms with Crippen LogP contribution in [0.1, 0.15) is 16.2 Å². The van der Waals surface area contributed by atoms with Crippen LogP contribution in [0.5, 0.6) is 0 Å². The van der Waals surface area contributed by atoms with E-state index in [2.05, 4.69) is 20.3 Å². The number of imidazole rings is 1. The summed E-state index contributed by atoms with van der Waals surface area (Å²) >= 11 is 0. The van der Waals surface area contributed by atoms with Gasteiger partial charge in [0.1, 0.15) is 17.8 Å². The first-order valence-electron chi connectivity index (χ1n) is 6.42. The van der Waals surface area contributed by atoms with E-state index in [1.807, 2.05) is 13.0 Å². The van der Waals surface area contributed by atoms with Gasteiger partial charge in [-0.05, 0) is 31.2 Å². The Morgan fingerprint density at radius 3 is 2.86 bits per heavy atom. The number of carbonyl (C=O) groups excluding carboxylic acids is 1. The summed E-state index contributed by atoms with van der Waals surface area (Å²) in [6, 6.07) is 8.85. The third-order valence-electron chi connectivity index (χ3n) is 2.99. The third kappa shape index (κ3) is 2.79. The van der Waals surface area contributed by atoms with E-state index < -0.39 is 0 Å². The molecule has 3 aromatic rings. The number of amides is 1. The summed E-state index contributed by atoms with van der Waals surface area (Å²) in [5.41, 5.74) is 1.78. The van der Waals surface area contributed by atoms with Crippen LogP contribution in [0, 0.1) is 6.92 Å². The van der Waals surface area contributed by atoms with Gasteiger partial charge in [0.05, 0.1) is 11.4 Å². The van der Waals surface area contributed by atoms with E-state index >= 15 is 0 Å². The minimum atomic E-state index is -0.270. The number of aromatic nitrogens is 4. The van der Waals surface area contributed by atoms with Gasteiger partial charge in [-0.1, -0.05) is 6.07 Å². The summed E-state index contributed by atoms with van der Waals surface area (Å²) in [6.07, 6.45) is 6.75. The molecule has 1 amide bonds. The molecule has 0 spiro atoms. The lowest BCUT2D eigenvalue weighted by Crippen LogP contribution is -2.15. The SMILES string of the molecule is Cc1ncccc1NC(=O)c1cccc(-n2ccnc2)n1. The molecular weight excluding hydrogens is 266 g/mol. The van der Waals surface area contributed by atoms with Crippen molar-refractivity contribution in [1.29, 1.82) is 0 Å². The Balaban J connectivity index is 1.85. The Hall–Kier alpha value is -3.02. The van der Waals surface area contributed by atoms with E-state index in [1.165, 1.54) is 0 Å². The highest BCUT2D eigenvalue weighted by Gasteiger charge is 2.10. The van der Waals surface area contributed by atoms with Crippen molar-refractivity contribution >= 4 is 11.6 Å². The molecule has 0 fully saturated rings. The first kappa shape index (κ1) is 13.0. The van der Waals surface area contributed by atoms with Gasteiger partial charge in [0.25, 0.3) is 5.91 Å². The molecule has 0 radical (unpaired) electrons. The number of anilines is 1. The maximum atomic E-state index is 12.3. The minimum Gasteiger partial charge on any atom is -0.319 e. The molecule has 0 unspecified atom stereocenters. The molecule has 0 aliphatic rings. The highest BCUT2D eigenvalue weighted by Crippen LogP contribution is 2.12. The van der Waals surface area contributed by atoms with E-state index in [9.17, 15) is 4.79 Å². The first-order chi connectivity index (χ1) is 10.2. The van der Waals surface area contributed by atoms with Crippen molar-refractivity contribution in [3.63, 3.8) is 0 Å². The van der Waals surface area contributed by atoms with Crippen LogP contribution in [0.2, 0.25) is 0 Å². The molecular formula is C15H13N5O. The summed E-state index contributed by atoms with van der Waals surface area (Å²) in [6.45, 7) is 1.84. The summed E-state index contributed by atoms with van der Waals surface area (Å²) in [4.78, 5) is 24.7. The smallest absolute Gasteiger partial charge is 0.274 e. The number of aryl methyl sites for hydroxylation is 1. The lowest BCUT2D eigenvalue weighted by atomic mass is 10.3. The number of pyridine rings is 2. The van der Waals surface area contributed by atoms with Gasteiger partial charge in [0.15, 0.2) is 0 Å². The molecule has 21 heavy (non-hydrogen) atoms. The molecule has 0 saturated carbocycles. The molecule has 0 saturated heterocycles. The maximum absolute atomic E-state index is 12.3. The zero-order chi connectivity index (χ0) is 14.7. The number of rotatable bonds is 3. The number of hydrogen-bond donors (Lipinski definition) is 1. The predicted octanol–water partition coefficient (Wildman–Crippen LogP) is 2.22. The van der Waals surface area contributed by atoms with E-state index in [4.69, 9.17) is 0 Å². The Morgan fingerprint density at radius 1 is 1.19 bits per heavy atom. The van der Waals surface area contributed by atoms with Gasteiger partial charge in [-0.2, -0.15) is 0 Å².